The molecule has 0 saturated carbocycles. The average molecular weight is 543 g/mol. The number of ether oxygens (including phenoxy) is 3. The number of carbonyl (C=O) groups excluding carboxylic acids is 2. The smallest absolute Gasteiger partial charge is 0.468 e. The highest BCUT2D eigenvalue weighted by molar-refractivity contribution is 7.86. The predicted molar refractivity (Wildman–Crippen MR) is 96.1 cm³/mol. The number of halogens is 8. The molecule has 0 N–H and O–H groups in total. The number of esters is 2. The van der Waals surface area contributed by atoms with E-state index in [1.807, 2.05) is 0 Å². The fourth-order valence-electron chi connectivity index (χ4n) is 2.23. The van der Waals surface area contributed by atoms with Gasteiger partial charge in [0, 0.05) is 6.42 Å². The van der Waals surface area contributed by atoms with Crippen molar-refractivity contribution >= 4 is 22.1 Å². The third-order valence-corrected chi connectivity index (χ3v) is 4.92. The van der Waals surface area contributed by atoms with Gasteiger partial charge in [-0.2, -0.15) is 35.1 Å². The van der Waals surface area contributed by atoms with Gasteiger partial charge in [0.15, 0.2) is 10.1 Å². The van der Waals surface area contributed by atoms with Crippen LogP contribution in [-0.2, 0) is 40.5 Å². The highest BCUT2D eigenvalue weighted by Crippen LogP contribution is 2.42. The van der Waals surface area contributed by atoms with Crippen LogP contribution in [0.5, 0.6) is 0 Å². The zero-order valence-electron chi connectivity index (χ0n) is 17.1. The summed E-state index contributed by atoms with van der Waals surface area (Å²) in [6.07, 6.45) is -9.79. The van der Waals surface area contributed by atoms with Crippen molar-refractivity contribution in [3.63, 3.8) is 0 Å². The van der Waals surface area contributed by atoms with Crippen molar-refractivity contribution in [3.05, 3.63) is 48.3 Å². The molecule has 1 aromatic carbocycles. The molecule has 198 valence electrons. The van der Waals surface area contributed by atoms with Gasteiger partial charge >= 0.3 is 35.1 Å². The summed E-state index contributed by atoms with van der Waals surface area (Å²) in [5.74, 6) is -17.4. The molecule has 0 radical (unpaired) electrons. The monoisotopic (exact) mass is 543 g/mol. The molecule has 1 unspecified atom stereocenters. The Labute approximate surface area is 192 Å². The molecule has 8 nitrogen and oxygen atoms in total. The van der Waals surface area contributed by atoms with Crippen molar-refractivity contribution in [2.24, 2.45) is 0 Å². The topological polar surface area (TPSA) is 119 Å². The van der Waals surface area contributed by atoms with E-state index in [0.717, 1.165) is 0 Å². The van der Waals surface area contributed by atoms with Crippen LogP contribution in [0.2, 0.25) is 0 Å². The fourth-order valence-corrected chi connectivity index (χ4v) is 2.70. The summed E-state index contributed by atoms with van der Waals surface area (Å²) in [4.78, 5) is 23.7. The Bertz CT molecular complexity index is 1030. The third kappa shape index (κ3) is 7.11. The fraction of sp³-hybridized carbons (Fsp3) is 0.444. The van der Waals surface area contributed by atoms with E-state index in [1.54, 1.807) is 0 Å². The van der Waals surface area contributed by atoms with E-state index in [1.165, 1.54) is 30.3 Å². The zero-order chi connectivity index (χ0) is 27.3. The SMILES string of the molecule is C=C(F)C(=O)OC(OCCCC(F)(F)C(F)(F)S(=O)(=O)[O-])(C(=O)OCc1ccccc1)C(F)(F)F. The van der Waals surface area contributed by atoms with Crippen LogP contribution in [0.1, 0.15) is 18.4 Å². The average Bonchev–Trinajstić information content (AvgIpc) is 2.72. The second-order valence-electron chi connectivity index (χ2n) is 6.60. The van der Waals surface area contributed by atoms with Crippen LogP contribution in [0.25, 0.3) is 0 Å². The van der Waals surface area contributed by atoms with E-state index in [2.05, 4.69) is 20.8 Å². The maximum absolute atomic E-state index is 13.7. The van der Waals surface area contributed by atoms with Gasteiger partial charge in [-0.3, -0.25) is 0 Å². The Morgan fingerprint density at radius 3 is 2.00 bits per heavy atom. The molecule has 0 aliphatic heterocycles. The number of hydrogen-bond acceptors (Lipinski definition) is 8. The Morgan fingerprint density at radius 2 is 1.54 bits per heavy atom. The lowest BCUT2D eigenvalue weighted by molar-refractivity contribution is -0.355. The van der Waals surface area contributed by atoms with Gasteiger partial charge in [-0.25, -0.2) is 18.0 Å². The van der Waals surface area contributed by atoms with Gasteiger partial charge in [-0.15, -0.1) is 0 Å². The minimum atomic E-state index is -6.87. The Morgan fingerprint density at radius 1 is 1.00 bits per heavy atom. The maximum Gasteiger partial charge on any atom is 0.468 e. The zero-order valence-corrected chi connectivity index (χ0v) is 17.9. The van der Waals surface area contributed by atoms with E-state index in [4.69, 9.17) is 0 Å². The second kappa shape index (κ2) is 10.9. The second-order valence-corrected chi connectivity index (χ2v) is 8.02. The number of rotatable bonds is 12. The van der Waals surface area contributed by atoms with Gasteiger partial charge in [-0.05, 0) is 12.0 Å². The highest BCUT2D eigenvalue weighted by Gasteiger charge is 2.68. The number of carbonyl (C=O) groups is 2. The van der Waals surface area contributed by atoms with Gasteiger partial charge in [0.05, 0.1) is 6.61 Å². The van der Waals surface area contributed by atoms with Crippen LogP contribution in [-0.4, -0.2) is 54.7 Å². The lowest BCUT2D eigenvalue weighted by atomic mass is 10.2. The molecule has 0 aromatic heterocycles. The summed E-state index contributed by atoms with van der Waals surface area (Å²) in [5.41, 5.74) is 0.124. The molecular formula is C18H15F8O8S-. The molecule has 1 rings (SSSR count). The third-order valence-electron chi connectivity index (χ3n) is 3.99. The Hall–Kier alpha value is -2.79. The van der Waals surface area contributed by atoms with E-state index < -0.39 is 77.1 Å². The van der Waals surface area contributed by atoms with Gasteiger partial charge in [0.2, 0.25) is 5.83 Å². The summed E-state index contributed by atoms with van der Waals surface area (Å²) >= 11 is 0. The molecule has 0 bridgehead atoms. The lowest BCUT2D eigenvalue weighted by Gasteiger charge is -2.32. The summed E-state index contributed by atoms with van der Waals surface area (Å²) in [7, 11) is -6.87. The molecule has 0 spiro atoms. The molecule has 1 aromatic rings. The van der Waals surface area contributed by atoms with Gasteiger partial charge < -0.3 is 18.8 Å². The molecule has 0 heterocycles. The molecule has 0 saturated heterocycles. The lowest BCUT2D eigenvalue weighted by Crippen LogP contribution is -2.58. The van der Waals surface area contributed by atoms with E-state index >= 15 is 0 Å². The highest BCUT2D eigenvalue weighted by atomic mass is 32.2. The van der Waals surface area contributed by atoms with Crippen molar-refractivity contribution in [2.75, 3.05) is 6.61 Å². The molecule has 0 aliphatic carbocycles. The van der Waals surface area contributed by atoms with Crippen LogP contribution >= 0.6 is 0 Å². The van der Waals surface area contributed by atoms with Crippen LogP contribution in [0.15, 0.2) is 42.7 Å². The summed E-state index contributed by atoms with van der Waals surface area (Å²) < 4.78 is 151. The molecular weight excluding hydrogens is 528 g/mol. The molecule has 35 heavy (non-hydrogen) atoms. The van der Waals surface area contributed by atoms with Crippen molar-refractivity contribution < 1.29 is 71.9 Å². The first-order valence-electron chi connectivity index (χ1n) is 8.99. The quantitative estimate of drug-likeness (QED) is 0.0981. The van der Waals surface area contributed by atoms with Crippen molar-refractivity contribution in [1.82, 2.24) is 0 Å². The van der Waals surface area contributed by atoms with Gasteiger partial charge in [-0.1, -0.05) is 36.9 Å². The summed E-state index contributed by atoms with van der Waals surface area (Å²) in [6.45, 7) is -0.204. The number of hydrogen-bond donors (Lipinski definition) is 0. The van der Waals surface area contributed by atoms with Crippen molar-refractivity contribution in [3.8, 4) is 0 Å². The van der Waals surface area contributed by atoms with Crippen molar-refractivity contribution in [1.29, 1.82) is 0 Å². The predicted octanol–water partition coefficient (Wildman–Crippen LogP) is 3.58. The van der Waals surface area contributed by atoms with Gasteiger partial charge in [0.25, 0.3) is 0 Å². The van der Waals surface area contributed by atoms with E-state index in [9.17, 15) is 57.7 Å². The van der Waals surface area contributed by atoms with Gasteiger partial charge in [0.1, 0.15) is 6.61 Å². The molecule has 17 heteroatoms. The maximum atomic E-state index is 13.7. The molecule has 0 fully saturated rings. The van der Waals surface area contributed by atoms with E-state index in [-0.39, 0.29) is 5.56 Å². The first-order chi connectivity index (χ1) is 15.8. The van der Waals surface area contributed by atoms with Crippen LogP contribution in [0.3, 0.4) is 0 Å². The first kappa shape index (κ1) is 30.2. The molecule has 0 amide bonds. The van der Waals surface area contributed by atoms with Crippen LogP contribution in [0.4, 0.5) is 35.1 Å². The van der Waals surface area contributed by atoms with Crippen LogP contribution in [0, 0.1) is 0 Å². The Balaban J connectivity index is 3.15. The van der Waals surface area contributed by atoms with Crippen LogP contribution < -0.4 is 0 Å². The molecule has 0 aliphatic rings. The number of benzene rings is 1. The first-order valence-corrected chi connectivity index (χ1v) is 10.4. The summed E-state index contributed by atoms with van der Waals surface area (Å²) in [5, 5.41) is -6.13. The largest absolute Gasteiger partial charge is 0.743 e. The minimum Gasteiger partial charge on any atom is -0.743 e. The number of alkyl halides is 7. The summed E-state index contributed by atoms with van der Waals surface area (Å²) in [6, 6.07) is 6.90. The minimum absolute atomic E-state index is 0.124. The molecule has 1 atom stereocenters. The normalized spacial score (nSPS) is 14.7. The standard InChI is InChI=1S/C18H16F8O8S/c1-11(19)13(27)34-16(17(22,23)24,14(28)32-10-12-6-3-2-4-7-12)33-9-5-8-15(20,21)18(25,26)35(29,30)31/h2-4,6-7H,1,5,8-10H2,(H,29,30,31)/p-1. The Kier molecular flexibility index (Phi) is 9.38. The van der Waals surface area contributed by atoms with E-state index in [0.29, 0.717) is 0 Å². The van der Waals surface area contributed by atoms with Crippen molar-refractivity contribution in [2.45, 2.75) is 42.6 Å².